The van der Waals surface area contributed by atoms with Crippen molar-refractivity contribution in [1.82, 2.24) is 10.2 Å². The van der Waals surface area contributed by atoms with Crippen molar-refractivity contribution >= 4 is 17.4 Å². The number of aromatic amines is 1. The van der Waals surface area contributed by atoms with Gasteiger partial charge in [-0.2, -0.15) is 5.10 Å². The molecule has 0 atom stereocenters. The molecule has 0 aliphatic heterocycles. The van der Waals surface area contributed by atoms with Gasteiger partial charge in [0.05, 0.1) is 5.69 Å². The molecule has 6 heteroatoms. The van der Waals surface area contributed by atoms with E-state index in [4.69, 9.17) is 0 Å². The van der Waals surface area contributed by atoms with Crippen LogP contribution < -0.4 is 16.2 Å². The summed E-state index contributed by atoms with van der Waals surface area (Å²) < 4.78 is 0. The lowest BCUT2D eigenvalue weighted by Crippen LogP contribution is -2.22. The summed E-state index contributed by atoms with van der Waals surface area (Å²) in [6.07, 6.45) is 0. The highest BCUT2D eigenvalue weighted by molar-refractivity contribution is 6.02. The fourth-order valence-electron chi connectivity index (χ4n) is 2.54. The molecule has 0 fully saturated rings. The maximum atomic E-state index is 12.4. The third-order valence-corrected chi connectivity index (χ3v) is 3.73. The fourth-order valence-corrected chi connectivity index (χ4v) is 2.54. The zero-order valence-corrected chi connectivity index (χ0v) is 14.0. The second-order valence-electron chi connectivity index (χ2n) is 5.76. The normalized spacial score (nSPS) is 10.3. The van der Waals surface area contributed by atoms with Crippen LogP contribution in [0.15, 0.2) is 59.4 Å². The van der Waals surface area contributed by atoms with Crippen molar-refractivity contribution in [3.8, 4) is 11.3 Å². The molecule has 3 N–H and O–H groups in total. The number of rotatable bonds is 3. The molecule has 0 aliphatic rings. The van der Waals surface area contributed by atoms with E-state index in [0.29, 0.717) is 17.1 Å². The van der Waals surface area contributed by atoms with Gasteiger partial charge in [0.2, 0.25) is 0 Å². The van der Waals surface area contributed by atoms with E-state index in [-0.39, 0.29) is 5.56 Å². The number of carbonyl (C=O) groups is 1. The Hall–Kier alpha value is -3.41. The Kier molecular flexibility index (Phi) is 4.61. The van der Waals surface area contributed by atoms with E-state index in [0.717, 1.165) is 16.7 Å². The summed E-state index contributed by atoms with van der Waals surface area (Å²) in [5.74, 6) is 0. The molecule has 3 aromatic rings. The van der Waals surface area contributed by atoms with Gasteiger partial charge in [-0.25, -0.2) is 9.89 Å². The lowest BCUT2D eigenvalue weighted by atomic mass is 10.1. The number of urea groups is 1. The minimum absolute atomic E-state index is 0.345. The molecule has 0 unspecified atom stereocenters. The number of aromatic nitrogens is 2. The van der Waals surface area contributed by atoms with Gasteiger partial charge in [-0.3, -0.25) is 4.79 Å². The highest BCUT2D eigenvalue weighted by Gasteiger charge is 2.12. The Bertz CT molecular complexity index is 965. The summed E-state index contributed by atoms with van der Waals surface area (Å²) in [5.41, 5.74) is 4.04. The molecule has 0 radical (unpaired) electrons. The number of aryl methyl sites for hydroxylation is 2. The molecule has 0 bridgehead atoms. The Labute approximate surface area is 144 Å². The first kappa shape index (κ1) is 16.4. The second kappa shape index (κ2) is 7.00. The zero-order chi connectivity index (χ0) is 17.8. The number of hydrogen-bond acceptors (Lipinski definition) is 3. The van der Waals surface area contributed by atoms with Crippen LogP contribution in [0.5, 0.6) is 0 Å². The van der Waals surface area contributed by atoms with Gasteiger partial charge in [-0.05, 0) is 25.5 Å². The molecular weight excluding hydrogens is 316 g/mol. The first-order chi connectivity index (χ1) is 12.0. The second-order valence-corrected chi connectivity index (χ2v) is 5.76. The zero-order valence-electron chi connectivity index (χ0n) is 14.0. The van der Waals surface area contributed by atoms with Gasteiger partial charge >= 0.3 is 6.03 Å². The molecule has 25 heavy (non-hydrogen) atoms. The van der Waals surface area contributed by atoms with E-state index >= 15 is 0 Å². The summed E-state index contributed by atoms with van der Waals surface area (Å²) in [7, 11) is 0. The maximum absolute atomic E-state index is 12.4. The number of anilines is 2. The summed E-state index contributed by atoms with van der Waals surface area (Å²) in [5, 5.41) is 12.0. The topological polar surface area (TPSA) is 86.9 Å². The molecule has 126 valence electrons. The fraction of sp³-hybridized carbons (Fsp3) is 0.105. The average molecular weight is 334 g/mol. The first-order valence-electron chi connectivity index (χ1n) is 7.83. The number of benzene rings is 2. The molecule has 2 aromatic carbocycles. The van der Waals surface area contributed by atoms with Crippen LogP contribution in [0.1, 0.15) is 11.1 Å². The average Bonchev–Trinajstić information content (AvgIpc) is 2.58. The molecule has 0 spiro atoms. The number of nitrogens with zero attached hydrogens (tertiary/aromatic N) is 1. The van der Waals surface area contributed by atoms with Gasteiger partial charge in [0.1, 0.15) is 5.69 Å². The quantitative estimate of drug-likeness (QED) is 0.682. The van der Waals surface area contributed by atoms with Crippen molar-refractivity contribution in [3.63, 3.8) is 0 Å². The first-order valence-corrected chi connectivity index (χ1v) is 7.83. The van der Waals surface area contributed by atoms with Crippen molar-refractivity contribution in [2.45, 2.75) is 13.8 Å². The molecule has 1 aromatic heterocycles. The SMILES string of the molecule is Cc1ccc(NC(=O)Nc2cc(=O)[nH]nc2-c2ccccc2)c(C)c1. The Morgan fingerprint density at radius 2 is 1.68 bits per heavy atom. The van der Waals surface area contributed by atoms with Gasteiger partial charge in [0.25, 0.3) is 5.56 Å². The third kappa shape index (κ3) is 3.92. The summed E-state index contributed by atoms with van der Waals surface area (Å²) in [4.78, 5) is 24.0. The number of nitrogens with one attached hydrogen (secondary N) is 3. The van der Waals surface area contributed by atoms with Crippen LogP contribution in [0.4, 0.5) is 16.2 Å². The van der Waals surface area contributed by atoms with Crippen molar-refractivity contribution in [3.05, 3.63) is 76.1 Å². The van der Waals surface area contributed by atoms with E-state index in [2.05, 4.69) is 20.8 Å². The van der Waals surface area contributed by atoms with E-state index < -0.39 is 6.03 Å². The molecule has 0 saturated carbocycles. The molecular formula is C19H18N4O2. The molecule has 0 aliphatic carbocycles. The summed E-state index contributed by atoms with van der Waals surface area (Å²) >= 11 is 0. The van der Waals surface area contributed by atoms with Crippen molar-refractivity contribution in [2.24, 2.45) is 0 Å². The van der Waals surface area contributed by atoms with Gasteiger partial charge in [-0.15, -0.1) is 0 Å². The molecule has 0 saturated heterocycles. The van der Waals surface area contributed by atoms with Gasteiger partial charge in [0, 0.05) is 17.3 Å². The van der Waals surface area contributed by atoms with Crippen molar-refractivity contribution in [2.75, 3.05) is 10.6 Å². The van der Waals surface area contributed by atoms with Gasteiger partial charge < -0.3 is 10.6 Å². The number of amides is 2. The summed E-state index contributed by atoms with van der Waals surface area (Å²) in [6, 6.07) is 16.0. The number of hydrogen-bond donors (Lipinski definition) is 3. The lowest BCUT2D eigenvalue weighted by molar-refractivity contribution is 0.262. The predicted molar refractivity (Wildman–Crippen MR) is 98.9 cm³/mol. The largest absolute Gasteiger partial charge is 0.323 e. The van der Waals surface area contributed by atoms with Crippen LogP contribution in [-0.4, -0.2) is 16.2 Å². The van der Waals surface area contributed by atoms with Crippen LogP contribution in [0.2, 0.25) is 0 Å². The Morgan fingerprint density at radius 1 is 0.960 bits per heavy atom. The van der Waals surface area contributed by atoms with Crippen LogP contribution in [-0.2, 0) is 0 Å². The van der Waals surface area contributed by atoms with Crippen LogP contribution in [0.3, 0.4) is 0 Å². The number of carbonyl (C=O) groups excluding carboxylic acids is 1. The van der Waals surface area contributed by atoms with E-state index in [1.807, 2.05) is 62.4 Å². The smallest absolute Gasteiger partial charge is 0.307 e. The Morgan fingerprint density at radius 3 is 2.40 bits per heavy atom. The standard InChI is InChI=1S/C19H18N4O2/c1-12-8-9-15(13(2)10-12)20-19(25)21-16-11-17(24)22-23-18(16)14-6-4-3-5-7-14/h3-11H,1-2H3,(H3,20,21,22,24,25). The maximum Gasteiger partial charge on any atom is 0.323 e. The number of H-pyrrole nitrogens is 1. The molecule has 3 rings (SSSR count). The van der Waals surface area contributed by atoms with Crippen molar-refractivity contribution < 1.29 is 4.79 Å². The van der Waals surface area contributed by atoms with E-state index in [1.165, 1.54) is 6.07 Å². The van der Waals surface area contributed by atoms with Crippen LogP contribution in [0, 0.1) is 13.8 Å². The predicted octanol–water partition coefficient (Wildman–Crippen LogP) is 3.70. The van der Waals surface area contributed by atoms with Crippen LogP contribution >= 0.6 is 0 Å². The van der Waals surface area contributed by atoms with Gasteiger partial charge in [-0.1, -0.05) is 48.0 Å². The van der Waals surface area contributed by atoms with E-state index in [9.17, 15) is 9.59 Å². The lowest BCUT2D eigenvalue weighted by Gasteiger charge is -2.12. The Balaban J connectivity index is 1.86. The highest BCUT2D eigenvalue weighted by Crippen LogP contribution is 2.24. The minimum Gasteiger partial charge on any atom is -0.307 e. The third-order valence-electron chi connectivity index (χ3n) is 3.73. The summed E-state index contributed by atoms with van der Waals surface area (Å²) in [6.45, 7) is 3.91. The monoisotopic (exact) mass is 334 g/mol. The molecule has 2 amide bonds. The highest BCUT2D eigenvalue weighted by atomic mass is 16.2. The molecule has 1 heterocycles. The molecule has 6 nitrogen and oxygen atoms in total. The van der Waals surface area contributed by atoms with Gasteiger partial charge in [0.15, 0.2) is 0 Å². The van der Waals surface area contributed by atoms with Crippen molar-refractivity contribution in [1.29, 1.82) is 0 Å². The van der Waals surface area contributed by atoms with E-state index in [1.54, 1.807) is 0 Å². The van der Waals surface area contributed by atoms with Crippen LogP contribution in [0.25, 0.3) is 11.3 Å². The minimum atomic E-state index is -0.434.